The van der Waals surface area contributed by atoms with Gasteiger partial charge in [-0.15, -0.1) is 0 Å². The van der Waals surface area contributed by atoms with Gasteiger partial charge in [-0.2, -0.15) is 0 Å². The lowest BCUT2D eigenvalue weighted by molar-refractivity contribution is -0.127. The van der Waals surface area contributed by atoms with Crippen LogP contribution in [0.2, 0.25) is 0 Å². The Labute approximate surface area is 105 Å². The molecule has 2 aliphatic rings. The first-order valence-corrected chi connectivity index (χ1v) is 6.93. The second-order valence-corrected chi connectivity index (χ2v) is 6.12. The second-order valence-electron chi connectivity index (χ2n) is 6.12. The van der Waals surface area contributed by atoms with E-state index in [9.17, 15) is 4.79 Å². The maximum atomic E-state index is 11.7. The summed E-state index contributed by atoms with van der Waals surface area (Å²) in [5.41, 5.74) is 0.0560. The van der Waals surface area contributed by atoms with Crippen molar-refractivity contribution >= 4 is 5.78 Å². The molecule has 2 atom stereocenters. The van der Waals surface area contributed by atoms with Crippen molar-refractivity contribution in [2.75, 3.05) is 19.6 Å². The van der Waals surface area contributed by atoms with E-state index in [1.807, 2.05) is 0 Å². The van der Waals surface area contributed by atoms with Crippen LogP contribution in [0.3, 0.4) is 0 Å². The molecule has 0 spiro atoms. The number of Topliss-reactive ketones (excluding diaryl/α,β-unsaturated/α-hetero) is 1. The first-order valence-electron chi connectivity index (χ1n) is 6.93. The summed E-state index contributed by atoms with van der Waals surface area (Å²) >= 11 is 0. The number of rotatable bonds is 3. The predicted molar refractivity (Wildman–Crippen MR) is 68.0 cm³/mol. The van der Waals surface area contributed by atoms with Crippen molar-refractivity contribution in [3.63, 3.8) is 0 Å². The number of nitrogens with zero attached hydrogens (tertiary/aromatic N) is 1. The summed E-state index contributed by atoms with van der Waals surface area (Å²) in [4.78, 5) is 14.1. The monoisotopic (exact) mass is 239 g/mol. The molecule has 0 aromatic heterocycles. The molecule has 2 fully saturated rings. The zero-order valence-corrected chi connectivity index (χ0v) is 11.4. The number of piperidine rings is 1. The highest BCUT2D eigenvalue weighted by molar-refractivity contribution is 5.82. The van der Waals surface area contributed by atoms with Gasteiger partial charge in [0, 0.05) is 32.0 Å². The average Bonchev–Trinajstić information content (AvgIpc) is 2.61. The molecule has 2 aliphatic heterocycles. The Morgan fingerprint density at radius 1 is 1.47 bits per heavy atom. The molecule has 17 heavy (non-hydrogen) atoms. The summed E-state index contributed by atoms with van der Waals surface area (Å²) in [7, 11) is 0. The van der Waals surface area contributed by atoms with Gasteiger partial charge in [0.15, 0.2) is 0 Å². The Morgan fingerprint density at radius 2 is 2.24 bits per heavy atom. The van der Waals surface area contributed by atoms with E-state index in [4.69, 9.17) is 4.74 Å². The number of hydrogen-bond acceptors (Lipinski definition) is 3. The molecule has 0 aliphatic carbocycles. The molecular weight excluding hydrogens is 214 g/mol. The van der Waals surface area contributed by atoms with E-state index in [2.05, 4.69) is 25.7 Å². The lowest BCUT2D eigenvalue weighted by Crippen LogP contribution is -2.44. The van der Waals surface area contributed by atoms with Crippen LogP contribution < -0.4 is 0 Å². The van der Waals surface area contributed by atoms with Crippen LogP contribution in [0.5, 0.6) is 0 Å². The van der Waals surface area contributed by atoms with E-state index in [0.29, 0.717) is 11.9 Å². The molecule has 98 valence electrons. The minimum atomic E-state index is 0.0560. The van der Waals surface area contributed by atoms with Crippen molar-refractivity contribution in [1.29, 1.82) is 0 Å². The SMILES string of the molecule is CCC1CN(CC2CCC(C)(C)O2)CCC1=O. The summed E-state index contributed by atoms with van der Waals surface area (Å²) in [6.07, 6.45) is 4.40. The third kappa shape index (κ3) is 3.29. The Bertz CT molecular complexity index is 288. The third-order valence-corrected chi connectivity index (χ3v) is 4.12. The van der Waals surface area contributed by atoms with Gasteiger partial charge in [0.25, 0.3) is 0 Å². The van der Waals surface area contributed by atoms with Crippen LogP contribution in [0.1, 0.15) is 46.5 Å². The zero-order chi connectivity index (χ0) is 12.5. The summed E-state index contributed by atoms with van der Waals surface area (Å²) in [6, 6.07) is 0. The van der Waals surface area contributed by atoms with Crippen LogP contribution >= 0.6 is 0 Å². The van der Waals surface area contributed by atoms with Crippen LogP contribution in [0.4, 0.5) is 0 Å². The van der Waals surface area contributed by atoms with Gasteiger partial charge in [-0.05, 0) is 33.1 Å². The highest BCUT2D eigenvalue weighted by Gasteiger charge is 2.34. The van der Waals surface area contributed by atoms with Gasteiger partial charge in [-0.3, -0.25) is 9.69 Å². The van der Waals surface area contributed by atoms with Gasteiger partial charge >= 0.3 is 0 Å². The van der Waals surface area contributed by atoms with Crippen LogP contribution in [-0.4, -0.2) is 42.0 Å². The Balaban J connectivity index is 1.82. The number of ether oxygens (including phenoxy) is 1. The molecule has 0 saturated carbocycles. The van der Waals surface area contributed by atoms with Crippen molar-refractivity contribution < 1.29 is 9.53 Å². The molecule has 0 N–H and O–H groups in total. The van der Waals surface area contributed by atoms with E-state index in [-0.39, 0.29) is 11.5 Å². The first kappa shape index (κ1) is 13.0. The van der Waals surface area contributed by atoms with E-state index >= 15 is 0 Å². The predicted octanol–water partition coefficient (Wildman–Crippen LogP) is 2.25. The molecule has 0 aromatic carbocycles. The molecule has 2 rings (SSSR count). The maximum Gasteiger partial charge on any atom is 0.138 e. The average molecular weight is 239 g/mol. The van der Waals surface area contributed by atoms with E-state index in [1.165, 1.54) is 0 Å². The minimum absolute atomic E-state index is 0.0560. The smallest absolute Gasteiger partial charge is 0.138 e. The van der Waals surface area contributed by atoms with Crippen LogP contribution in [0.25, 0.3) is 0 Å². The van der Waals surface area contributed by atoms with E-state index in [1.54, 1.807) is 0 Å². The molecule has 2 heterocycles. The third-order valence-electron chi connectivity index (χ3n) is 4.12. The Hall–Kier alpha value is -0.410. The lowest BCUT2D eigenvalue weighted by Gasteiger charge is -2.33. The van der Waals surface area contributed by atoms with Crippen molar-refractivity contribution in [1.82, 2.24) is 4.90 Å². The molecule has 2 unspecified atom stereocenters. The Kier molecular flexibility index (Phi) is 3.88. The van der Waals surface area contributed by atoms with E-state index in [0.717, 1.165) is 45.3 Å². The van der Waals surface area contributed by atoms with Crippen molar-refractivity contribution in [2.24, 2.45) is 5.92 Å². The van der Waals surface area contributed by atoms with Crippen molar-refractivity contribution in [3.05, 3.63) is 0 Å². The van der Waals surface area contributed by atoms with Crippen LogP contribution in [-0.2, 0) is 9.53 Å². The van der Waals surface area contributed by atoms with Crippen LogP contribution in [0, 0.1) is 5.92 Å². The van der Waals surface area contributed by atoms with Gasteiger partial charge in [0.05, 0.1) is 11.7 Å². The normalized spacial score (nSPS) is 34.2. The molecule has 3 heteroatoms. The lowest BCUT2D eigenvalue weighted by atomic mass is 9.94. The fraction of sp³-hybridized carbons (Fsp3) is 0.929. The largest absolute Gasteiger partial charge is 0.371 e. The topological polar surface area (TPSA) is 29.5 Å². The molecule has 0 aromatic rings. The fourth-order valence-electron chi connectivity index (χ4n) is 2.99. The molecule has 0 bridgehead atoms. The van der Waals surface area contributed by atoms with Gasteiger partial charge in [-0.1, -0.05) is 6.92 Å². The molecule has 0 radical (unpaired) electrons. The summed E-state index contributed by atoms with van der Waals surface area (Å²) in [6.45, 7) is 9.32. The Morgan fingerprint density at radius 3 is 2.82 bits per heavy atom. The summed E-state index contributed by atoms with van der Waals surface area (Å²) in [5.74, 6) is 0.717. The highest BCUT2D eigenvalue weighted by atomic mass is 16.5. The van der Waals surface area contributed by atoms with Crippen molar-refractivity contribution in [2.45, 2.75) is 58.2 Å². The summed E-state index contributed by atoms with van der Waals surface area (Å²) < 4.78 is 6.02. The number of ketones is 1. The molecular formula is C14H25NO2. The summed E-state index contributed by atoms with van der Waals surface area (Å²) in [5, 5.41) is 0. The number of carbonyl (C=O) groups excluding carboxylic acids is 1. The standard InChI is InChI=1S/C14H25NO2/c1-4-11-9-15(8-6-13(11)16)10-12-5-7-14(2,3)17-12/h11-12H,4-10H2,1-3H3. The number of carbonyl (C=O) groups is 1. The van der Waals surface area contributed by atoms with E-state index < -0.39 is 0 Å². The second kappa shape index (κ2) is 5.07. The zero-order valence-electron chi connectivity index (χ0n) is 11.4. The maximum absolute atomic E-state index is 11.7. The van der Waals surface area contributed by atoms with Crippen LogP contribution in [0.15, 0.2) is 0 Å². The fourth-order valence-corrected chi connectivity index (χ4v) is 2.99. The van der Waals surface area contributed by atoms with Crippen molar-refractivity contribution in [3.8, 4) is 0 Å². The van der Waals surface area contributed by atoms with Gasteiger partial charge < -0.3 is 4.74 Å². The van der Waals surface area contributed by atoms with Gasteiger partial charge in [-0.25, -0.2) is 0 Å². The highest BCUT2D eigenvalue weighted by Crippen LogP contribution is 2.30. The first-order chi connectivity index (χ1) is 8.00. The van der Waals surface area contributed by atoms with Gasteiger partial charge in [0.1, 0.15) is 5.78 Å². The molecule has 0 amide bonds. The minimum Gasteiger partial charge on any atom is -0.371 e. The number of hydrogen-bond donors (Lipinski definition) is 0. The van der Waals surface area contributed by atoms with Gasteiger partial charge in [0.2, 0.25) is 0 Å². The molecule has 2 saturated heterocycles. The quantitative estimate of drug-likeness (QED) is 0.756. The molecule has 3 nitrogen and oxygen atoms in total. The number of likely N-dealkylation sites (tertiary alicyclic amines) is 1.